The van der Waals surface area contributed by atoms with Gasteiger partial charge >= 0.3 is 6.16 Å². The smallest absolute Gasteiger partial charge is 0.434 e. The predicted molar refractivity (Wildman–Crippen MR) is 159 cm³/mol. The lowest BCUT2D eigenvalue weighted by Crippen LogP contribution is -2.46. The van der Waals surface area contributed by atoms with Crippen molar-refractivity contribution in [2.75, 3.05) is 36.5 Å². The quantitative estimate of drug-likeness (QED) is 0.178. The Morgan fingerprint density at radius 2 is 1.79 bits per heavy atom. The minimum absolute atomic E-state index is 0.109. The second kappa shape index (κ2) is 13.5. The summed E-state index contributed by atoms with van der Waals surface area (Å²) in [5, 5.41) is 0. The third-order valence-corrected chi connectivity index (χ3v) is 7.69. The van der Waals surface area contributed by atoms with Crippen LogP contribution in [0.4, 0.5) is 21.1 Å². The van der Waals surface area contributed by atoms with Crippen LogP contribution in [-0.4, -0.2) is 58.0 Å². The molecule has 10 nitrogen and oxygen atoms in total. The zero-order valence-electron chi connectivity index (χ0n) is 24.1. The highest BCUT2D eigenvalue weighted by Gasteiger charge is 2.28. The molecule has 0 spiro atoms. The number of piperidine rings is 1. The molecule has 2 aromatic carbocycles. The van der Waals surface area contributed by atoms with E-state index in [-0.39, 0.29) is 30.8 Å². The van der Waals surface area contributed by atoms with E-state index in [9.17, 15) is 14.0 Å². The minimum atomic E-state index is -0.799. The first-order chi connectivity index (χ1) is 20.4. The van der Waals surface area contributed by atoms with Crippen molar-refractivity contribution >= 4 is 29.1 Å². The SMILES string of the molecule is CCCCCOC(=O)OCn1c(N(C)C2CCN(c3nc4ccccc4n3Cc3ccc(F)cc3)CC2)nccc1=O. The number of anilines is 2. The number of imidazole rings is 1. The molecule has 0 atom stereocenters. The fourth-order valence-electron chi connectivity index (χ4n) is 5.34. The van der Waals surface area contributed by atoms with E-state index in [1.54, 1.807) is 12.1 Å². The summed E-state index contributed by atoms with van der Waals surface area (Å²) in [6, 6.07) is 16.1. The summed E-state index contributed by atoms with van der Waals surface area (Å²) in [5.41, 5.74) is 2.63. The molecular formula is C31H37FN6O4. The van der Waals surface area contributed by atoms with E-state index in [0.717, 1.165) is 67.7 Å². The molecule has 1 fully saturated rings. The fraction of sp³-hybridized carbons (Fsp3) is 0.419. The first kappa shape index (κ1) is 29.1. The lowest BCUT2D eigenvalue weighted by Gasteiger charge is -2.38. The normalized spacial score (nSPS) is 13.8. The maximum absolute atomic E-state index is 13.5. The summed E-state index contributed by atoms with van der Waals surface area (Å²) in [4.78, 5) is 38.4. The van der Waals surface area contributed by atoms with Crippen LogP contribution in [0.1, 0.15) is 44.6 Å². The van der Waals surface area contributed by atoms with Crippen molar-refractivity contribution in [2.45, 2.75) is 58.3 Å². The minimum Gasteiger partial charge on any atom is -0.434 e. The summed E-state index contributed by atoms with van der Waals surface area (Å²) < 4.78 is 27.4. The van der Waals surface area contributed by atoms with E-state index in [0.29, 0.717) is 12.5 Å². The molecule has 5 rings (SSSR count). The van der Waals surface area contributed by atoms with Crippen molar-refractivity contribution < 1.29 is 18.7 Å². The van der Waals surface area contributed by atoms with Gasteiger partial charge in [0.1, 0.15) is 5.82 Å². The van der Waals surface area contributed by atoms with Crippen molar-refractivity contribution in [1.82, 2.24) is 19.1 Å². The number of aromatic nitrogens is 4. The van der Waals surface area contributed by atoms with Crippen LogP contribution < -0.4 is 15.4 Å². The highest BCUT2D eigenvalue weighted by atomic mass is 19.1. The van der Waals surface area contributed by atoms with E-state index in [1.165, 1.54) is 29.0 Å². The maximum Gasteiger partial charge on any atom is 0.510 e. The number of ether oxygens (including phenoxy) is 2. The number of nitrogens with zero attached hydrogens (tertiary/aromatic N) is 6. The van der Waals surface area contributed by atoms with Gasteiger partial charge in [-0.2, -0.15) is 0 Å². The molecule has 0 unspecified atom stereocenters. The topological polar surface area (TPSA) is 94.7 Å². The lowest BCUT2D eigenvalue weighted by atomic mass is 10.0. The summed E-state index contributed by atoms with van der Waals surface area (Å²) in [6.07, 6.45) is 5.05. The maximum atomic E-state index is 13.5. The van der Waals surface area contributed by atoms with Gasteiger partial charge in [0, 0.05) is 38.4 Å². The number of carbonyl (C=O) groups is 1. The van der Waals surface area contributed by atoms with Crippen LogP contribution in [0.5, 0.6) is 0 Å². The molecule has 0 N–H and O–H groups in total. The summed E-state index contributed by atoms with van der Waals surface area (Å²) >= 11 is 0. The number of unbranched alkanes of at least 4 members (excludes halogenated alkanes) is 2. The van der Waals surface area contributed by atoms with Gasteiger partial charge in [-0.3, -0.25) is 4.79 Å². The molecule has 0 radical (unpaired) electrons. The van der Waals surface area contributed by atoms with Crippen LogP contribution in [0.2, 0.25) is 0 Å². The molecule has 2 aromatic heterocycles. The van der Waals surface area contributed by atoms with Crippen LogP contribution in [0, 0.1) is 5.82 Å². The molecule has 42 heavy (non-hydrogen) atoms. The summed E-state index contributed by atoms with van der Waals surface area (Å²) in [5.74, 6) is 1.05. The number of hydrogen-bond acceptors (Lipinski definition) is 8. The van der Waals surface area contributed by atoms with Crippen molar-refractivity contribution in [3.63, 3.8) is 0 Å². The van der Waals surface area contributed by atoms with Gasteiger partial charge in [-0.15, -0.1) is 0 Å². The number of fused-ring (bicyclic) bond motifs is 1. The van der Waals surface area contributed by atoms with Gasteiger partial charge < -0.3 is 23.8 Å². The number of halogens is 1. The van der Waals surface area contributed by atoms with Crippen molar-refractivity contribution in [2.24, 2.45) is 0 Å². The van der Waals surface area contributed by atoms with Crippen LogP contribution in [0.25, 0.3) is 11.0 Å². The number of rotatable bonds is 11. The molecular weight excluding hydrogens is 539 g/mol. The van der Waals surface area contributed by atoms with Gasteiger partial charge in [-0.05, 0) is 49.1 Å². The van der Waals surface area contributed by atoms with Crippen LogP contribution in [-0.2, 0) is 22.7 Å². The van der Waals surface area contributed by atoms with Crippen LogP contribution in [0.15, 0.2) is 65.6 Å². The Hall–Kier alpha value is -4.41. The second-order valence-electron chi connectivity index (χ2n) is 10.5. The number of hydrogen-bond donors (Lipinski definition) is 0. The van der Waals surface area contributed by atoms with E-state index in [4.69, 9.17) is 14.5 Å². The lowest BCUT2D eigenvalue weighted by molar-refractivity contribution is 0.0321. The molecule has 0 saturated carbocycles. The van der Waals surface area contributed by atoms with Crippen molar-refractivity contribution in [3.05, 3.63) is 82.5 Å². The Balaban J connectivity index is 1.27. The average Bonchev–Trinajstić information content (AvgIpc) is 3.37. The van der Waals surface area contributed by atoms with Crippen molar-refractivity contribution in [3.8, 4) is 0 Å². The van der Waals surface area contributed by atoms with Crippen LogP contribution >= 0.6 is 0 Å². The van der Waals surface area contributed by atoms with Gasteiger partial charge in [-0.1, -0.05) is 44.0 Å². The van der Waals surface area contributed by atoms with E-state index >= 15 is 0 Å². The Kier molecular flexibility index (Phi) is 9.35. The molecule has 11 heteroatoms. The van der Waals surface area contributed by atoms with Gasteiger partial charge in [0.15, 0.2) is 6.73 Å². The van der Waals surface area contributed by atoms with E-state index < -0.39 is 6.16 Å². The summed E-state index contributed by atoms with van der Waals surface area (Å²) in [6.45, 7) is 4.17. The predicted octanol–water partition coefficient (Wildman–Crippen LogP) is 5.19. The number of para-hydroxylation sites is 2. The Morgan fingerprint density at radius 3 is 2.55 bits per heavy atom. The molecule has 1 saturated heterocycles. The van der Waals surface area contributed by atoms with Crippen LogP contribution in [0.3, 0.4) is 0 Å². The first-order valence-corrected chi connectivity index (χ1v) is 14.5. The third kappa shape index (κ3) is 6.72. The molecule has 4 aromatic rings. The van der Waals surface area contributed by atoms with Gasteiger partial charge in [-0.25, -0.2) is 23.7 Å². The second-order valence-corrected chi connectivity index (χ2v) is 10.5. The highest BCUT2D eigenvalue weighted by Crippen LogP contribution is 2.28. The highest BCUT2D eigenvalue weighted by molar-refractivity contribution is 5.79. The molecule has 1 aliphatic rings. The average molecular weight is 577 g/mol. The van der Waals surface area contributed by atoms with Gasteiger partial charge in [0.05, 0.1) is 24.2 Å². The molecule has 1 aliphatic heterocycles. The number of benzene rings is 2. The zero-order chi connectivity index (χ0) is 29.5. The standard InChI is InChI=1S/C31H37FN6O4/c1-3-4-7-20-41-31(40)42-22-38-28(39)14-17-33-29(38)35(2)25-15-18-36(19-16-25)30-34-26-8-5-6-9-27(26)37(30)21-23-10-12-24(32)13-11-23/h5-6,8-14,17,25H,3-4,7,15-16,18-22H2,1-2H3. The Labute approximate surface area is 244 Å². The zero-order valence-corrected chi connectivity index (χ0v) is 24.1. The molecule has 0 bridgehead atoms. The molecule has 3 heterocycles. The monoisotopic (exact) mass is 576 g/mol. The van der Waals surface area contributed by atoms with Crippen molar-refractivity contribution in [1.29, 1.82) is 0 Å². The van der Waals surface area contributed by atoms with E-state index in [2.05, 4.69) is 27.4 Å². The molecule has 0 aliphatic carbocycles. The van der Waals surface area contributed by atoms with E-state index in [1.807, 2.05) is 30.1 Å². The largest absolute Gasteiger partial charge is 0.510 e. The van der Waals surface area contributed by atoms with Gasteiger partial charge in [0.25, 0.3) is 5.56 Å². The fourth-order valence-corrected chi connectivity index (χ4v) is 5.34. The summed E-state index contributed by atoms with van der Waals surface area (Å²) in [7, 11) is 1.91. The third-order valence-electron chi connectivity index (χ3n) is 7.69. The molecule has 222 valence electrons. The Morgan fingerprint density at radius 1 is 1.02 bits per heavy atom. The molecule has 0 amide bonds. The van der Waals surface area contributed by atoms with Gasteiger partial charge in [0.2, 0.25) is 11.9 Å². The first-order valence-electron chi connectivity index (χ1n) is 14.5. The number of carbonyl (C=O) groups excluding carboxylic acids is 1. The Bertz CT molecular complexity index is 1550.